The predicted molar refractivity (Wildman–Crippen MR) is 113 cm³/mol. The van der Waals surface area contributed by atoms with E-state index in [1.807, 2.05) is 0 Å². The van der Waals surface area contributed by atoms with Crippen LogP contribution in [0.3, 0.4) is 0 Å². The van der Waals surface area contributed by atoms with Gasteiger partial charge in [0.05, 0.1) is 25.6 Å². The van der Waals surface area contributed by atoms with E-state index in [0.29, 0.717) is 22.9 Å². The topological polar surface area (TPSA) is 120 Å². The summed E-state index contributed by atoms with van der Waals surface area (Å²) in [5.41, 5.74) is 0.708. The fourth-order valence-electron chi connectivity index (χ4n) is 2.00. The maximum Gasteiger partial charge on any atom is 0.438 e. The third-order valence-electron chi connectivity index (χ3n) is 3.28. The Balaban J connectivity index is 1.89. The SMILES string of the molecule is COc1ccccc1NC(=O)O/N=C(Cl)/C(Cl)=N/OC(=O)Nc1ccccc1OC. The maximum atomic E-state index is 11.8. The fourth-order valence-corrected chi connectivity index (χ4v) is 2.14. The van der Waals surface area contributed by atoms with E-state index in [1.54, 1.807) is 48.5 Å². The lowest BCUT2D eigenvalue weighted by Gasteiger charge is -2.08. The molecule has 2 N–H and O–H groups in total. The van der Waals surface area contributed by atoms with E-state index >= 15 is 0 Å². The summed E-state index contributed by atoms with van der Waals surface area (Å²) in [7, 11) is 2.89. The second kappa shape index (κ2) is 11.5. The third-order valence-corrected chi connectivity index (χ3v) is 3.87. The fraction of sp³-hybridized carbons (Fsp3) is 0.111. The highest BCUT2D eigenvalue weighted by Gasteiger charge is 2.12. The van der Waals surface area contributed by atoms with Crippen molar-refractivity contribution in [3.8, 4) is 11.5 Å². The molecule has 0 fully saturated rings. The first-order valence-electron chi connectivity index (χ1n) is 8.14. The summed E-state index contributed by atoms with van der Waals surface area (Å²) in [6.45, 7) is 0. The Morgan fingerprint density at radius 1 is 0.733 bits per heavy atom. The summed E-state index contributed by atoms with van der Waals surface area (Å²) < 4.78 is 10.2. The van der Waals surface area contributed by atoms with E-state index in [4.69, 9.17) is 32.7 Å². The largest absolute Gasteiger partial charge is 0.495 e. The van der Waals surface area contributed by atoms with Gasteiger partial charge in [-0.15, -0.1) is 0 Å². The predicted octanol–water partition coefficient (Wildman–Crippen LogP) is 4.61. The van der Waals surface area contributed by atoms with Crippen LogP contribution in [0.25, 0.3) is 0 Å². The molecule has 158 valence electrons. The number of methoxy groups -OCH3 is 2. The molecule has 2 amide bonds. The maximum absolute atomic E-state index is 11.8. The second-order valence-electron chi connectivity index (χ2n) is 5.17. The van der Waals surface area contributed by atoms with Crippen molar-refractivity contribution in [2.75, 3.05) is 24.9 Å². The van der Waals surface area contributed by atoms with Crippen molar-refractivity contribution in [3.05, 3.63) is 48.5 Å². The molecular formula is C18H16Cl2N4O6. The minimum absolute atomic E-state index is 0.354. The highest BCUT2D eigenvalue weighted by molar-refractivity contribution is 7.00. The van der Waals surface area contributed by atoms with E-state index in [2.05, 4.69) is 30.6 Å². The number of rotatable bonds is 7. The lowest BCUT2D eigenvalue weighted by molar-refractivity contribution is 0.164. The molecule has 0 saturated carbocycles. The normalized spacial score (nSPS) is 11.3. The van der Waals surface area contributed by atoms with E-state index in [1.165, 1.54) is 14.2 Å². The standard InChI is InChI=1S/C18H16Cl2N4O6/c1-27-13-9-5-3-7-11(13)21-17(25)29-23-15(19)16(20)24-30-18(26)22-12-8-4-6-10-14(12)28-2/h3-10H,1-2H3,(H,21,25)(H,22,26)/b23-15-,24-16-. The summed E-state index contributed by atoms with van der Waals surface area (Å²) in [4.78, 5) is 32.7. The molecule has 0 bridgehead atoms. The zero-order valence-corrected chi connectivity index (χ0v) is 17.2. The van der Waals surface area contributed by atoms with Crippen molar-refractivity contribution in [2.24, 2.45) is 10.3 Å². The van der Waals surface area contributed by atoms with Crippen molar-refractivity contribution in [3.63, 3.8) is 0 Å². The van der Waals surface area contributed by atoms with E-state index in [0.717, 1.165) is 0 Å². The average molecular weight is 455 g/mol. The van der Waals surface area contributed by atoms with Crippen LogP contribution in [-0.2, 0) is 9.68 Å². The molecule has 2 aromatic carbocycles. The molecule has 0 aromatic heterocycles. The summed E-state index contributed by atoms with van der Waals surface area (Å²) in [5.74, 6) is 0.831. The number of halogens is 2. The van der Waals surface area contributed by atoms with Gasteiger partial charge in [-0.3, -0.25) is 20.3 Å². The van der Waals surface area contributed by atoms with E-state index in [9.17, 15) is 9.59 Å². The highest BCUT2D eigenvalue weighted by atomic mass is 35.5. The van der Waals surface area contributed by atoms with E-state index in [-0.39, 0.29) is 0 Å². The zero-order valence-electron chi connectivity index (χ0n) is 15.7. The van der Waals surface area contributed by atoms with Crippen molar-refractivity contribution in [1.29, 1.82) is 0 Å². The number of nitrogens with one attached hydrogen (secondary N) is 2. The molecule has 0 saturated heterocycles. The number of amides is 2. The van der Waals surface area contributed by atoms with Crippen molar-refractivity contribution in [1.82, 2.24) is 0 Å². The molecule has 30 heavy (non-hydrogen) atoms. The number of carbonyl (C=O) groups excluding carboxylic acids is 2. The zero-order chi connectivity index (χ0) is 21.9. The number of nitrogens with zero attached hydrogens (tertiary/aromatic N) is 2. The van der Waals surface area contributed by atoms with Crippen molar-refractivity contribution in [2.45, 2.75) is 0 Å². The van der Waals surface area contributed by atoms with Gasteiger partial charge in [-0.05, 0) is 24.3 Å². The monoisotopic (exact) mass is 454 g/mol. The number of ether oxygens (including phenoxy) is 2. The van der Waals surface area contributed by atoms with Crippen LogP contribution >= 0.6 is 23.2 Å². The number of carbonyl (C=O) groups is 2. The number of benzene rings is 2. The van der Waals surface area contributed by atoms with Crippen LogP contribution in [0.2, 0.25) is 0 Å². The van der Waals surface area contributed by atoms with Gasteiger partial charge in [-0.25, -0.2) is 9.59 Å². The number of hydrogen-bond donors (Lipinski definition) is 2. The molecule has 0 heterocycles. The van der Waals surface area contributed by atoms with Gasteiger partial charge >= 0.3 is 12.2 Å². The lowest BCUT2D eigenvalue weighted by Crippen LogP contribution is -2.14. The van der Waals surface area contributed by atoms with Gasteiger partial charge in [0.25, 0.3) is 0 Å². The summed E-state index contributed by atoms with van der Waals surface area (Å²) in [6, 6.07) is 13.3. The molecule has 0 aliphatic rings. The number of hydrogen-bond acceptors (Lipinski definition) is 8. The number of para-hydroxylation sites is 4. The first kappa shape index (κ1) is 22.8. The Hall–Kier alpha value is -3.50. The van der Waals surface area contributed by atoms with Gasteiger partial charge in [0, 0.05) is 0 Å². The van der Waals surface area contributed by atoms with Gasteiger partial charge in [0.2, 0.25) is 10.3 Å². The summed E-state index contributed by atoms with van der Waals surface area (Å²) >= 11 is 11.5. The Labute approximate surface area is 181 Å². The van der Waals surface area contributed by atoms with Crippen LogP contribution in [-0.4, -0.2) is 36.7 Å². The molecule has 0 unspecified atom stereocenters. The van der Waals surface area contributed by atoms with Crippen molar-refractivity contribution >= 4 is 57.1 Å². The number of oxime groups is 2. The lowest BCUT2D eigenvalue weighted by atomic mass is 10.3. The highest BCUT2D eigenvalue weighted by Crippen LogP contribution is 2.24. The average Bonchev–Trinajstić information content (AvgIpc) is 2.76. The van der Waals surface area contributed by atoms with Crippen molar-refractivity contribution < 1.29 is 28.7 Å². The summed E-state index contributed by atoms with van der Waals surface area (Å²) in [6.07, 6.45) is -1.92. The first-order chi connectivity index (χ1) is 14.4. The van der Waals surface area contributed by atoms with Crippen LogP contribution in [0.5, 0.6) is 11.5 Å². The van der Waals surface area contributed by atoms with Crippen LogP contribution in [0, 0.1) is 0 Å². The molecule has 10 nitrogen and oxygen atoms in total. The number of anilines is 2. The molecular weight excluding hydrogens is 439 g/mol. The molecule has 0 aliphatic carbocycles. The Morgan fingerprint density at radius 2 is 1.10 bits per heavy atom. The van der Waals surface area contributed by atoms with Gasteiger partial charge in [-0.2, -0.15) is 0 Å². The Bertz CT molecular complexity index is 890. The van der Waals surface area contributed by atoms with Crippen LogP contribution in [0.15, 0.2) is 58.8 Å². The molecule has 0 spiro atoms. The smallest absolute Gasteiger partial charge is 0.438 e. The van der Waals surface area contributed by atoms with Gasteiger partial charge in [0.1, 0.15) is 11.5 Å². The van der Waals surface area contributed by atoms with E-state index < -0.39 is 22.5 Å². The quantitative estimate of drug-likeness (QED) is 0.358. The first-order valence-corrected chi connectivity index (χ1v) is 8.89. The minimum Gasteiger partial charge on any atom is -0.495 e. The van der Waals surface area contributed by atoms with Gasteiger partial charge < -0.3 is 9.47 Å². The van der Waals surface area contributed by atoms with Crippen LogP contribution in [0.4, 0.5) is 21.0 Å². The Morgan fingerprint density at radius 3 is 1.47 bits per heavy atom. The van der Waals surface area contributed by atoms with Crippen LogP contribution in [0.1, 0.15) is 0 Å². The molecule has 0 atom stereocenters. The molecule has 12 heteroatoms. The molecule has 0 radical (unpaired) electrons. The van der Waals surface area contributed by atoms with Crippen LogP contribution < -0.4 is 20.1 Å². The second-order valence-corrected chi connectivity index (χ2v) is 5.89. The van der Waals surface area contributed by atoms with Gasteiger partial charge in [-0.1, -0.05) is 57.8 Å². The molecule has 2 rings (SSSR count). The minimum atomic E-state index is -0.961. The Kier molecular flexibility index (Phi) is 8.73. The third kappa shape index (κ3) is 6.83. The molecule has 2 aromatic rings. The summed E-state index contributed by atoms with van der Waals surface area (Å²) in [5, 5.41) is 10.3. The molecule has 0 aliphatic heterocycles. The van der Waals surface area contributed by atoms with Gasteiger partial charge in [0.15, 0.2) is 0 Å².